The first kappa shape index (κ1) is 18.8. The Morgan fingerprint density at radius 3 is 2.60 bits per heavy atom. The Morgan fingerprint density at radius 2 is 1.93 bits per heavy atom. The monoisotopic (exact) mass is 406 g/mol. The molecule has 2 aliphatic heterocycles. The molecule has 3 aromatic heterocycles. The quantitative estimate of drug-likeness (QED) is 0.657. The summed E-state index contributed by atoms with van der Waals surface area (Å²) in [4.78, 5) is 27.6. The normalized spacial score (nSPS) is 20.6. The van der Waals surface area contributed by atoms with Crippen molar-refractivity contribution in [3.8, 4) is 17.1 Å². The standard InChI is InChI=1S/C21H22N6O3/c1-15-14-29-21(30-15)4-10-26(11-5-21)20(28)17-12-18(16-2-6-22-7-3-16)27(25-17)19-13-23-8-9-24-19/h2-3,6-9,12-13,15H,4-5,10-11,14H2,1H3. The number of carbonyl (C=O) groups is 1. The number of rotatable bonds is 3. The summed E-state index contributed by atoms with van der Waals surface area (Å²) < 4.78 is 13.5. The fourth-order valence-corrected chi connectivity index (χ4v) is 3.97. The molecule has 1 unspecified atom stereocenters. The van der Waals surface area contributed by atoms with E-state index in [9.17, 15) is 4.79 Å². The Labute approximate surface area is 173 Å². The number of pyridine rings is 1. The van der Waals surface area contributed by atoms with Gasteiger partial charge in [-0.2, -0.15) is 5.10 Å². The number of piperidine rings is 1. The summed E-state index contributed by atoms with van der Waals surface area (Å²) in [6, 6.07) is 5.54. The average molecular weight is 406 g/mol. The van der Waals surface area contributed by atoms with Gasteiger partial charge in [-0.15, -0.1) is 0 Å². The lowest BCUT2D eigenvalue weighted by molar-refractivity contribution is -0.190. The maximum Gasteiger partial charge on any atom is 0.274 e. The summed E-state index contributed by atoms with van der Waals surface area (Å²) in [6.45, 7) is 3.74. The van der Waals surface area contributed by atoms with Gasteiger partial charge < -0.3 is 14.4 Å². The summed E-state index contributed by atoms with van der Waals surface area (Å²) in [5.41, 5.74) is 2.01. The van der Waals surface area contributed by atoms with Crippen LogP contribution in [0.15, 0.2) is 49.2 Å². The summed E-state index contributed by atoms with van der Waals surface area (Å²) in [6.07, 6.45) is 9.64. The van der Waals surface area contributed by atoms with Crippen molar-refractivity contribution < 1.29 is 14.3 Å². The maximum atomic E-state index is 13.2. The molecule has 1 atom stereocenters. The number of hydrogen-bond acceptors (Lipinski definition) is 7. The predicted octanol–water partition coefficient (Wildman–Crippen LogP) is 2.09. The highest BCUT2D eigenvalue weighted by Crippen LogP contribution is 2.34. The van der Waals surface area contributed by atoms with Crippen LogP contribution in [0.3, 0.4) is 0 Å². The van der Waals surface area contributed by atoms with Gasteiger partial charge in [-0.05, 0) is 25.1 Å². The lowest BCUT2D eigenvalue weighted by Gasteiger charge is -2.37. The minimum atomic E-state index is -0.544. The van der Waals surface area contributed by atoms with E-state index in [-0.39, 0.29) is 12.0 Å². The molecule has 154 valence electrons. The fraction of sp³-hybridized carbons (Fsp3) is 0.381. The molecule has 5 rings (SSSR count). The van der Waals surface area contributed by atoms with Crippen molar-refractivity contribution in [1.29, 1.82) is 0 Å². The minimum absolute atomic E-state index is 0.0952. The maximum absolute atomic E-state index is 13.2. The molecule has 0 aromatic carbocycles. The van der Waals surface area contributed by atoms with Gasteiger partial charge in [0.15, 0.2) is 17.3 Å². The molecule has 0 bridgehead atoms. The molecule has 30 heavy (non-hydrogen) atoms. The molecule has 2 saturated heterocycles. The second-order valence-corrected chi connectivity index (χ2v) is 7.57. The van der Waals surface area contributed by atoms with Gasteiger partial charge in [0, 0.05) is 56.3 Å². The largest absolute Gasteiger partial charge is 0.347 e. The molecule has 2 aliphatic rings. The number of nitrogens with zero attached hydrogens (tertiary/aromatic N) is 6. The summed E-state index contributed by atoms with van der Waals surface area (Å²) in [5.74, 6) is -0.117. The zero-order valence-electron chi connectivity index (χ0n) is 16.6. The Morgan fingerprint density at radius 1 is 1.13 bits per heavy atom. The molecule has 0 saturated carbocycles. The lowest BCUT2D eigenvalue weighted by Crippen LogP contribution is -2.47. The molecule has 3 aromatic rings. The van der Waals surface area contributed by atoms with Gasteiger partial charge in [-0.1, -0.05) is 0 Å². The molecule has 1 spiro atoms. The van der Waals surface area contributed by atoms with Crippen molar-refractivity contribution in [3.05, 3.63) is 54.9 Å². The van der Waals surface area contributed by atoms with E-state index in [1.807, 2.05) is 19.1 Å². The van der Waals surface area contributed by atoms with Crippen LogP contribution in [0.4, 0.5) is 0 Å². The van der Waals surface area contributed by atoms with Crippen molar-refractivity contribution >= 4 is 5.91 Å². The molecule has 1 amide bonds. The van der Waals surface area contributed by atoms with E-state index in [1.54, 1.807) is 46.6 Å². The van der Waals surface area contributed by atoms with Crippen molar-refractivity contribution in [3.63, 3.8) is 0 Å². The molecular formula is C21H22N6O3. The zero-order chi connectivity index (χ0) is 20.6. The number of aromatic nitrogens is 5. The van der Waals surface area contributed by atoms with Gasteiger partial charge in [0.2, 0.25) is 0 Å². The molecule has 0 N–H and O–H groups in total. The van der Waals surface area contributed by atoms with Crippen LogP contribution in [0.5, 0.6) is 0 Å². The highest BCUT2D eigenvalue weighted by molar-refractivity contribution is 5.93. The summed E-state index contributed by atoms with van der Waals surface area (Å²) >= 11 is 0. The third-order valence-corrected chi connectivity index (χ3v) is 5.48. The second kappa shape index (κ2) is 7.58. The first-order valence-electron chi connectivity index (χ1n) is 10.0. The Balaban J connectivity index is 1.42. The molecule has 9 heteroatoms. The van der Waals surface area contributed by atoms with E-state index in [1.165, 1.54) is 0 Å². The molecule has 0 radical (unpaired) electrons. The van der Waals surface area contributed by atoms with Gasteiger partial charge in [0.25, 0.3) is 5.91 Å². The summed E-state index contributed by atoms with van der Waals surface area (Å²) in [7, 11) is 0. The average Bonchev–Trinajstić information content (AvgIpc) is 3.39. The van der Waals surface area contributed by atoms with E-state index in [4.69, 9.17) is 9.47 Å². The van der Waals surface area contributed by atoms with Crippen LogP contribution in [0.1, 0.15) is 30.3 Å². The van der Waals surface area contributed by atoms with Crippen LogP contribution in [0.2, 0.25) is 0 Å². The van der Waals surface area contributed by atoms with Crippen LogP contribution in [0, 0.1) is 0 Å². The van der Waals surface area contributed by atoms with Crippen LogP contribution in [0.25, 0.3) is 17.1 Å². The SMILES string of the molecule is CC1COC2(CCN(C(=O)c3cc(-c4ccncc4)n(-c4cnccn4)n3)CC2)O1. The van der Waals surface area contributed by atoms with E-state index in [0.29, 0.717) is 44.0 Å². The number of amides is 1. The number of hydrogen-bond donors (Lipinski definition) is 0. The zero-order valence-corrected chi connectivity index (χ0v) is 16.6. The van der Waals surface area contributed by atoms with Crippen molar-refractivity contribution in [2.75, 3.05) is 19.7 Å². The molecular weight excluding hydrogens is 384 g/mol. The second-order valence-electron chi connectivity index (χ2n) is 7.57. The van der Waals surface area contributed by atoms with Gasteiger partial charge in [-0.3, -0.25) is 14.8 Å². The van der Waals surface area contributed by atoms with Crippen LogP contribution < -0.4 is 0 Å². The van der Waals surface area contributed by atoms with Gasteiger partial charge in [-0.25, -0.2) is 9.67 Å². The van der Waals surface area contributed by atoms with Crippen LogP contribution in [-0.2, 0) is 9.47 Å². The number of carbonyl (C=O) groups excluding carboxylic acids is 1. The highest BCUT2D eigenvalue weighted by atomic mass is 16.7. The number of ether oxygens (including phenoxy) is 2. The van der Waals surface area contributed by atoms with Gasteiger partial charge >= 0.3 is 0 Å². The van der Waals surface area contributed by atoms with Crippen molar-refractivity contribution in [2.45, 2.75) is 31.7 Å². The van der Waals surface area contributed by atoms with Gasteiger partial charge in [0.05, 0.1) is 24.6 Å². The van der Waals surface area contributed by atoms with E-state index in [2.05, 4.69) is 20.1 Å². The van der Waals surface area contributed by atoms with Crippen molar-refractivity contribution in [1.82, 2.24) is 29.6 Å². The Kier molecular flexibility index (Phi) is 4.76. The highest BCUT2D eigenvalue weighted by Gasteiger charge is 2.43. The molecule has 0 aliphatic carbocycles. The first-order valence-corrected chi connectivity index (χ1v) is 10.0. The Hall–Kier alpha value is -3.17. The lowest BCUT2D eigenvalue weighted by atomic mass is 10.0. The van der Waals surface area contributed by atoms with Crippen LogP contribution in [-0.4, -0.2) is 67.1 Å². The van der Waals surface area contributed by atoms with Crippen LogP contribution >= 0.6 is 0 Å². The van der Waals surface area contributed by atoms with E-state index >= 15 is 0 Å². The Bertz CT molecular complexity index is 974. The third-order valence-electron chi connectivity index (χ3n) is 5.48. The molecule has 5 heterocycles. The third kappa shape index (κ3) is 3.46. The number of likely N-dealkylation sites (tertiary alicyclic amines) is 1. The smallest absolute Gasteiger partial charge is 0.274 e. The van der Waals surface area contributed by atoms with E-state index < -0.39 is 5.79 Å². The molecule has 2 fully saturated rings. The van der Waals surface area contributed by atoms with Gasteiger partial charge in [0.1, 0.15) is 0 Å². The van der Waals surface area contributed by atoms with E-state index in [0.717, 1.165) is 11.3 Å². The first-order chi connectivity index (χ1) is 14.6. The fourth-order valence-electron chi connectivity index (χ4n) is 3.97. The molecule has 9 nitrogen and oxygen atoms in total. The summed E-state index contributed by atoms with van der Waals surface area (Å²) in [5, 5.41) is 4.57. The topological polar surface area (TPSA) is 95.3 Å². The predicted molar refractivity (Wildman–Crippen MR) is 107 cm³/mol. The minimum Gasteiger partial charge on any atom is -0.347 e. The van der Waals surface area contributed by atoms with Crippen molar-refractivity contribution in [2.24, 2.45) is 0 Å².